The van der Waals surface area contributed by atoms with E-state index in [0.29, 0.717) is 12.4 Å². The van der Waals surface area contributed by atoms with Crippen molar-refractivity contribution in [2.24, 2.45) is 13.0 Å². The minimum Gasteiger partial charge on any atom is -0.355 e. The number of amides is 1. The highest BCUT2D eigenvalue weighted by atomic mass is 79.9. The molecular weight excluding hydrogens is 398 g/mol. The molecule has 0 bridgehead atoms. The van der Waals surface area contributed by atoms with E-state index in [4.69, 9.17) is 0 Å². The first-order valence-corrected chi connectivity index (χ1v) is 9.21. The van der Waals surface area contributed by atoms with Gasteiger partial charge in [-0.1, -0.05) is 0 Å². The fourth-order valence-corrected chi connectivity index (χ4v) is 3.50. The third-order valence-electron chi connectivity index (χ3n) is 4.58. The van der Waals surface area contributed by atoms with Crippen LogP contribution in [0, 0.1) is 5.92 Å². The number of carbonyl (C=O) groups is 1. The average Bonchev–Trinajstić information content (AvgIpc) is 3.05. The number of hydrogen-bond acceptors (Lipinski definition) is 6. The third kappa shape index (κ3) is 3.26. The summed E-state index contributed by atoms with van der Waals surface area (Å²) in [5.41, 5.74) is 0.792. The SMILES string of the molecule is Cn1ncc2c(N3CCCC(C(=O)Nc4ccc(Br)cn4)C3)ncnc21. The Kier molecular flexibility index (Phi) is 4.54. The molecule has 0 radical (unpaired) electrons. The Bertz CT molecular complexity index is 940. The fraction of sp³-hybridized carbons (Fsp3) is 0.353. The smallest absolute Gasteiger partial charge is 0.230 e. The van der Waals surface area contributed by atoms with Crippen LogP contribution in [0.2, 0.25) is 0 Å². The first-order valence-electron chi connectivity index (χ1n) is 8.42. The quantitative estimate of drug-likeness (QED) is 0.706. The lowest BCUT2D eigenvalue weighted by molar-refractivity contribution is -0.120. The van der Waals surface area contributed by atoms with Gasteiger partial charge in [0.2, 0.25) is 5.91 Å². The minimum absolute atomic E-state index is 0.0130. The second kappa shape index (κ2) is 6.99. The van der Waals surface area contributed by atoms with Crippen LogP contribution in [0.4, 0.5) is 11.6 Å². The van der Waals surface area contributed by atoms with Crippen LogP contribution in [0.15, 0.2) is 35.3 Å². The van der Waals surface area contributed by atoms with Crippen molar-refractivity contribution in [3.8, 4) is 0 Å². The number of piperidine rings is 1. The molecule has 9 heteroatoms. The molecule has 4 rings (SSSR count). The van der Waals surface area contributed by atoms with Crippen molar-refractivity contribution >= 4 is 44.5 Å². The number of aromatic nitrogens is 5. The van der Waals surface area contributed by atoms with E-state index < -0.39 is 0 Å². The Morgan fingerprint density at radius 3 is 2.96 bits per heavy atom. The molecule has 1 unspecified atom stereocenters. The van der Waals surface area contributed by atoms with Crippen molar-refractivity contribution < 1.29 is 4.79 Å². The van der Waals surface area contributed by atoms with Gasteiger partial charge < -0.3 is 10.2 Å². The number of pyridine rings is 1. The van der Waals surface area contributed by atoms with Gasteiger partial charge in [-0.25, -0.2) is 15.0 Å². The van der Waals surface area contributed by atoms with Gasteiger partial charge in [0.1, 0.15) is 18.0 Å². The normalized spacial score (nSPS) is 17.5. The van der Waals surface area contributed by atoms with E-state index in [1.807, 2.05) is 13.1 Å². The van der Waals surface area contributed by atoms with Crippen LogP contribution >= 0.6 is 15.9 Å². The summed E-state index contributed by atoms with van der Waals surface area (Å²) in [4.78, 5) is 27.7. The fourth-order valence-electron chi connectivity index (χ4n) is 3.26. The molecule has 0 saturated carbocycles. The lowest BCUT2D eigenvalue weighted by Crippen LogP contribution is -2.41. The molecule has 0 aromatic carbocycles. The van der Waals surface area contributed by atoms with Gasteiger partial charge in [0.15, 0.2) is 5.65 Å². The number of fused-ring (bicyclic) bond motifs is 1. The molecule has 1 fully saturated rings. The summed E-state index contributed by atoms with van der Waals surface area (Å²) in [6.07, 6.45) is 6.77. The number of rotatable bonds is 3. The molecule has 1 aliphatic heterocycles. The van der Waals surface area contributed by atoms with Crippen LogP contribution in [0.3, 0.4) is 0 Å². The van der Waals surface area contributed by atoms with Crippen LogP contribution in [0.5, 0.6) is 0 Å². The van der Waals surface area contributed by atoms with E-state index in [-0.39, 0.29) is 11.8 Å². The second-order valence-corrected chi connectivity index (χ2v) is 7.25. The van der Waals surface area contributed by atoms with E-state index in [0.717, 1.165) is 40.7 Å². The van der Waals surface area contributed by atoms with Gasteiger partial charge in [-0.05, 0) is 40.9 Å². The largest absolute Gasteiger partial charge is 0.355 e. The maximum atomic E-state index is 12.7. The van der Waals surface area contributed by atoms with Crippen molar-refractivity contribution in [1.82, 2.24) is 24.7 Å². The van der Waals surface area contributed by atoms with Gasteiger partial charge in [-0.15, -0.1) is 0 Å². The number of aryl methyl sites for hydroxylation is 1. The van der Waals surface area contributed by atoms with Crippen LogP contribution in [0.25, 0.3) is 11.0 Å². The minimum atomic E-state index is -0.115. The van der Waals surface area contributed by atoms with Crippen molar-refractivity contribution in [3.05, 3.63) is 35.3 Å². The molecule has 1 N–H and O–H groups in total. The predicted octanol–water partition coefficient (Wildman–Crippen LogP) is 2.38. The topological polar surface area (TPSA) is 88.8 Å². The summed E-state index contributed by atoms with van der Waals surface area (Å²) in [5, 5.41) is 8.08. The zero-order chi connectivity index (χ0) is 18.1. The number of hydrogen-bond donors (Lipinski definition) is 1. The lowest BCUT2D eigenvalue weighted by Gasteiger charge is -2.33. The number of carbonyl (C=O) groups excluding carboxylic acids is 1. The summed E-state index contributed by atoms with van der Waals surface area (Å²) >= 11 is 3.34. The maximum absolute atomic E-state index is 12.7. The number of halogens is 1. The Balaban J connectivity index is 1.51. The summed E-state index contributed by atoms with van der Waals surface area (Å²) in [5.74, 6) is 1.27. The van der Waals surface area contributed by atoms with Gasteiger partial charge >= 0.3 is 0 Å². The van der Waals surface area contributed by atoms with E-state index in [1.165, 1.54) is 0 Å². The van der Waals surface area contributed by atoms with Gasteiger partial charge in [0.05, 0.1) is 17.5 Å². The molecule has 0 aliphatic carbocycles. The molecule has 134 valence electrons. The number of nitrogens with zero attached hydrogens (tertiary/aromatic N) is 6. The molecule has 3 aromatic heterocycles. The Labute approximate surface area is 158 Å². The Morgan fingerprint density at radius 1 is 1.27 bits per heavy atom. The highest BCUT2D eigenvalue weighted by Crippen LogP contribution is 2.27. The summed E-state index contributed by atoms with van der Waals surface area (Å²) in [6.45, 7) is 1.48. The molecular formula is C17H18BrN7O. The van der Waals surface area contributed by atoms with Crippen molar-refractivity contribution in [2.75, 3.05) is 23.3 Å². The lowest BCUT2D eigenvalue weighted by atomic mass is 9.97. The average molecular weight is 416 g/mol. The zero-order valence-electron chi connectivity index (χ0n) is 14.3. The molecule has 4 heterocycles. The highest BCUT2D eigenvalue weighted by Gasteiger charge is 2.28. The van der Waals surface area contributed by atoms with Crippen molar-refractivity contribution in [2.45, 2.75) is 12.8 Å². The van der Waals surface area contributed by atoms with Crippen LogP contribution < -0.4 is 10.2 Å². The maximum Gasteiger partial charge on any atom is 0.230 e. The van der Waals surface area contributed by atoms with Crippen LogP contribution in [0.1, 0.15) is 12.8 Å². The van der Waals surface area contributed by atoms with Gasteiger partial charge in [0.25, 0.3) is 0 Å². The number of nitrogens with one attached hydrogen (secondary N) is 1. The Hall–Kier alpha value is -2.55. The van der Waals surface area contributed by atoms with E-state index in [2.05, 4.69) is 46.2 Å². The van der Waals surface area contributed by atoms with Crippen LogP contribution in [-0.2, 0) is 11.8 Å². The Morgan fingerprint density at radius 2 is 2.15 bits per heavy atom. The molecule has 1 atom stereocenters. The summed E-state index contributed by atoms with van der Waals surface area (Å²) in [6, 6.07) is 3.64. The van der Waals surface area contributed by atoms with E-state index >= 15 is 0 Å². The van der Waals surface area contributed by atoms with Gasteiger partial charge in [-0.3, -0.25) is 9.48 Å². The molecule has 8 nitrogen and oxygen atoms in total. The molecule has 1 saturated heterocycles. The van der Waals surface area contributed by atoms with Crippen LogP contribution in [-0.4, -0.2) is 43.7 Å². The van der Waals surface area contributed by atoms with Gasteiger partial charge in [-0.2, -0.15) is 5.10 Å². The predicted molar refractivity (Wildman–Crippen MR) is 102 cm³/mol. The molecule has 0 spiro atoms. The van der Waals surface area contributed by atoms with E-state index in [1.54, 1.807) is 29.5 Å². The van der Waals surface area contributed by atoms with E-state index in [9.17, 15) is 4.79 Å². The monoisotopic (exact) mass is 415 g/mol. The molecule has 1 amide bonds. The number of anilines is 2. The van der Waals surface area contributed by atoms with Gasteiger partial charge in [0, 0.05) is 30.8 Å². The zero-order valence-corrected chi connectivity index (χ0v) is 15.8. The highest BCUT2D eigenvalue weighted by molar-refractivity contribution is 9.10. The first-order chi connectivity index (χ1) is 12.6. The first kappa shape index (κ1) is 16.9. The summed E-state index contributed by atoms with van der Waals surface area (Å²) < 4.78 is 2.61. The third-order valence-corrected chi connectivity index (χ3v) is 5.05. The summed E-state index contributed by atoms with van der Waals surface area (Å²) in [7, 11) is 1.86. The standard InChI is InChI=1S/C17H18BrN7O/c1-24-15-13(8-22-24)16(21-10-20-15)25-6-2-3-11(9-25)17(26)23-14-5-4-12(18)7-19-14/h4-5,7-8,10-11H,2-3,6,9H2,1H3,(H,19,23,26). The van der Waals surface area contributed by atoms with Crippen molar-refractivity contribution in [1.29, 1.82) is 0 Å². The molecule has 3 aromatic rings. The second-order valence-electron chi connectivity index (χ2n) is 6.34. The van der Waals surface area contributed by atoms with Crippen molar-refractivity contribution in [3.63, 3.8) is 0 Å². The molecule has 1 aliphatic rings. The molecule has 26 heavy (non-hydrogen) atoms.